The fourth-order valence-electron chi connectivity index (χ4n) is 2.37. The number of nitrogens with one attached hydrogen (secondary N) is 1. The summed E-state index contributed by atoms with van der Waals surface area (Å²) in [6.45, 7) is 1.84. The summed E-state index contributed by atoms with van der Waals surface area (Å²) < 4.78 is 10.8. The van der Waals surface area contributed by atoms with Crippen LogP contribution in [0.15, 0.2) is 58.0 Å². The van der Waals surface area contributed by atoms with Crippen LogP contribution in [-0.2, 0) is 0 Å². The molecule has 6 heteroatoms. The Hall–Kier alpha value is -3.59. The van der Waals surface area contributed by atoms with Crippen LogP contribution >= 0.6 is 0 Å². The monoisotopic (exact) mass is 333 g/mol. The van der Waals surface area contributed by atoms with Crippen molar-refractivity contribution in [1.82, 2.24) is 5.43 Å². The van der Waals surface area contributed by atoms with Crippen LogP contribution in [0.3, 0.4) is 0 Å². The summed E-state index contributed by atoms with van der Waals surface area (Å²) in [5.74, 6) is 0.443. The van der Waals surface area contributed by atoms with Crippen molar-refractivity contribution in [3.63, 3.8) is 0 Å². The zero-order chi connectivity index (χ0) is 17.6. The first kappa shape index (κ1) is 16.3. The summed E-state index contributed by atoms with van der Waals surface area (Å²) in [5, 5.41) is 13.3. The van der Waals surface area contributed by atoms with Gasteiger partial charge in [-0.15, -0.1) is 0 Å². The number of furan rings is 1. The Balaban J connectivity index is 1.66. The number of amides is 1. The van der Waals surface area contributed by atoms with Crippen molar-refractivity contribution in [3.05, 3.63) is 65.4 Å². The lowest BCUT2D eigenvalue weighted by atomic mass is 10.1. The number of benzene rings is 2. The van der Waals surface area contributed by atoms with Gasteiger partial charge in [-0.1, -0.05) is 18.2 Å². The second-order valence-corrected chi connectivity index (χ2v) is 5.27. The average molecular weight is 333 g/mol. The second-order valence-electron chi connectivity index (χ2n) is 5.27. The van der Waals surface area contributed by atoms with Crippen LogP contribution in [0.1, 0.15) is 21.7 Å². The molecule has 2 aromatic carbocycles. The molecule has 0 saturated carbocycles. The number of hydrogen-bond acceptors (Lipinski definition) is 5. The second kappa shape index (κ2) is 7.32. The average Bonchev–Trinajstić information content (AvgIpc) is 2.98. The molecule has 0 aliphatic carbocycles. The van der Waals surface area contributed by atoms with Crippen molar-refractivity contribution >= 4 is 23.1 Å². The maximum absolute atomic E-state index is 12.2. The standard InChI is InChI=1S/C19H15N3O3/c1-13-16-4-2-3-5-17(16)25-18(13)19(23)22-21-12-14-6-8-15(9-7-14)24-11-10-20/h2-9,12H,11H2,1H3,(H,22,23)/b21-12-. The molecule has 0 unspecified atom stereocenters. The lowest BCUT2D eigenvalue weighted by molar-refractivity contribution is 0.0929. The number of nitrogens with zero attached hydrogens (tertiary/aromatic N) is 2. The Morgan fingerprint density at radius 3 is 2.76 bits per heavy atom. The lowest BCUT2D eigenvalue weighted by Gasteiger charge is -2.01. The van der Waals surface area contributed by atoms with Gasteiger partial charge in [-0.3, -0.25) is 4.79 Å². The summed E-state index contributed by atoms with van der Waals surface area (Å²) in [6, 6.07) is 16.4. The Morgan fingerprint density at radius 2 is 2.04 bits per heavy atom. The van der Waals surface area contributed by atoms with E-state index in [9.17, 15) is 4.79 Å². The summed E-state index contributed by atoms with van der Waals surface area (Å²) in [6.07, 6.45) is 1.52. The number of hydrogen-bond donors (Lipinski definition) is 1. The maximum atomic E-state index is 12.2. The molecular formula is C19H15N3O3. The largest absolute Gasteiger partial charge is 0.479 e. The van der Waals surface area contributed by atoms with Crippen LogP contribution in [0.4, 0.5) is 0 Å². The molecule has 0 aliphatic rings. The highest BCUT2D eigenvalue weighted by Gasteiger charge is 2.16. The van der Waals surface area contributed by atoms with E-state index in [2.05, 4.69) is 10.5 Å². The van der Waals surface area contributed by atoms with E-state index in [-0.39, 0.29) is 12.4 Å². The van der Waals surface area contributed by atoms with Crippen molar-refractivity contribution in [2.45, 2.75) is 6.92 Å². The topological polar surface area (TPSA) is 87.6 Å². The van der Waals surface area contributed by atoms with E-state index >= 15 is 0 Å². The number of carbonyl (C=O) groups is 1. The highest BCUT2D eigenvalue weighted by Crippen LogP contribution is 2.24. The van der Waals surface area contributed by atoms with E-state index in [0.717, 1.165) is 16.5 Å². The van der Waals surface area contributed by atoms with Gasteiger partial charge in [0.1, 0.15) is 17.4 Å². The predicted molar refractivity (Wildman–Crippen MR) is 93.6 cm³/mol. The quantitative estimate of drug-likeness (QED) is 0.572. The Kier molecular flexibility index (Phi) is 4.77. The molecule has 1 N–H and O–H groups in total. The van der Waals surface area contributed by atoms with E-state index in [4.69, 9.17) is 14.4 Å². The fraction of sp³-hybridized carbons (Fsp3) is 0.105. The van der Waals surface area contributed by atoms with Crippen molar-refractivity contribution in [2.24, 2.45) is 5.10 Å². The number of ether oxygens (including phenoxy) is 1. The zero-order valence-corrected chi connectivity index (χ0v) is 13.5. The van der Waals surface area contributed by atoms with Crippen molar-refractivity contribution in [1.29, 1.82) is 5.26 Å². The molecule has 0 atom stereocenters. The molecule has 1 amide bonds. The summed E-state index contributed by atoms with van der Waals surface area (Å²) in [4.78, 5) is 12.2. The summed E-state index contributed by atoms with van der Waals surface area (Å²) >= 11 is 0. The maximum Gasteiger partial charge on any atom is 0.307 e. The molecule has 1 aromatic heterocycles. The van der Waals surface area contributed by atoms with Crippen molar-refractivity contribution in [3.8, 4) is 11.8 Å². The fourth-order valence-corrected chi connectivity index (χ4v) is 2.37. The molecule has 0 bridgehead atoms. The number of carbonyl (C=O) groups excluding carboxylic acids is 1. The van der Waals surface area contributed by atoms with Gasteiger partial charge in [-0.25, -0.2) is 5.43 Å². The van der Waals surface area contributed by atoms with Gasteiger partial charge in [-0.2, -0.15) is 10.4 Å². The molecule has 0 saturated heterocycles. The SMILES string of the molecule is Cc1c(C(=O)N/N=C\c2ccc(OCC#N)cc2)oc2ccccc12. The number of nitriles is 1. The molecule has 3 aromatic rings. The Bertz CT molecular complexity index is 966. The third-order valence-corrected chi connectivity index (χ3v) is 3.61. The summed E-state index contributed by atoms with van der Waals surface area (Å²) in [7, 11) is 0. The van der Waals surface area contributed by atoms with Crippen molar-refractivity contribution < 1.29 is 13.9 Å². The smallest absolute Gasteiger partial charge is 0.307 e. The third-order valence-electron chi connectivity index (χ3n) is 3.61. The number of aryl methyl sites for hydroxylation is 1. The highest BCUT2D eigenvalue weighted by molar-refractivity contribution is 5.99. The summed E-state index contributed by atoms with van der Waals surface area (Å²) in [5.41, 5.74) is 4.69. The minimum Gasteiger partial charge on any atom is -0.479 e. The predicted octanol–water partition coefficient (Wildman–Crippen LogP) is 3.41. The number of para-hydroxylation sites is 1. The van der Waals surface area contributed by atoms with E-state index < -0.39 is 5.91 Å². The zero-order valence-electron chi connectivity index (χ0n) is 13.5. The number of hydrazone groups is 1. The van der Waals surface area contributed by atoms with Gasteiger partial charge in [0.15, 0.2) is 12.4 Å². The number of rotatable bonds is 5. The highest BCUT2D eigenvalue weighted by atomic mass is 16.5. The first-order valence-electron chi connectivity index (χ1n) is 7.60. The van der Waals surface area contributed by atoms with Gasteiger partial charge in [-0.05, 0) is 42.8 Å². The van der Waals surface area contributed by atoms with E-state index in [0.29, 0.717) is 11.3 Å². The lowest BCUT2D eigenvalue weighted by Crippen LogP contribution is -2.17. The van der Waals surface area contributed by atoms with Crippen LogP contribution in [0.25, 0.3) is 11.0 Å². The van der Waals surface area contributed by atoms with Crippen molar-refractivity contribution in [2.75, 3.05) is 6.61 Å². The first-order chi connectivity index (χ1) is 12.2. The van der Waals surface area contributed by atoms with Gasteiger partial charge in [0.05, 0.1) is 6.21 Å². The van der Waals surface area contributed by atoms with Gasteiger partial charge < -0.3 is 9.15 Å². The minimum absolute atomic E-state index is 0.000342. The van der Waals surface area contributed by atoms with Gasteiger partial charge in [0.2, 0.25) is 0 Å². The third kappa shape index (κ3) is 3.67. The Labute approximate surface area is 144 Å². The molecule has 0 radical (unpaired) electrons. The molecule has 25 heavy (non-hydrogen) atoms. The Morgan fingerprint density at radius 1 is 1.28 bits per heavy atom. The van der Waals surface area contributed by atoms with E-state index in [1.807, 2.05) is 37.3 Å². The molecule has 0 spiro atoms. The van der Waals surface area contributed by atoms with Crippen LogP contribution in [-0.4, -0.2) is 18.7 Å². The van der Waals surface area contributed by atoms with E-state index in [1.54, 1.807) is 24.3 Å². The van der Waals surface area contributed by atoms with Gasteiger partial charge >= 0.3 is 5.91 Å². The van der Waals surface area contributed by atoms with Crippen LogP contribution in [0.2, 0.25) is 0 Å². The van der Waals surface area contributed by atoms with Gasteiger partial charge in [0, 0.05) is 10.9 Å². The van der Waals surface area contributed by atoms with E-state index in [1.165, 1.54) is 6.21 Å². The minimum atomic E-state index is -0.404. The normalized spacial score (nSPS) is 10.7. The van der Waals surface area contributed by atoms with Crippen LogP contribution < -0.4 is 10.2 Å². The van der Waals surface area contributed by atoms with Crippen LogP contribution in [0.5, 0.6) is 5.75 Å². The molecule has 3 rings (SSSR count). The van der Waals surface area contributed by atoms with Crippen LogP contribution in [0, 0.1) is 18.3 Å². The molecule has 0 aliphatic heterocycles. The molecule has 124 valence electrons. The molecule has 6 nitrogen and oxygen atoms in total. The van der Waals surface area contributed by atoms with Gasteiger partial charge in [0.25, 0.3) is 0 Å². The first-order valence-corrected chi connectivity index (χ1v) is 7.60. The molecule has 1 heterocycles. The molecule has 0 fully saturated rings. The molecular weight excluding hydrogens is 318 g/mol. The number of fused-ring (bicyclic) bond motifs is 1.